The number of unbranched alkanes of at least 4 members (excludes halogenated alkanes) is 1. The van der Waals surface area contributed by atoms with Crippen LogP contribution in [0.2, 0.25) is 0 Å². The predicted octanol–water partition coefficient (Wildman–Crippen LogP) is 2.20. The van der Waals surface area contributed by atoms with Gasteiger partial charge in [0.05, 0.1) is 6.54 Å². The van der Waals surface area contributed by atoms with Crippen LogP contribution in [0.4, 0.5) is 13.2 Å². The fourth-order valence-corrected chi connectivity index (χ4v) is 1.96. The lowest BCUT2D eigenvalue weighted by Gasteiger charge is -2.10. The van der Waals surface area contributed by atoms with Gasteiger partial charge < -0.3 is 15.4 Å². The number of alkyl halides is 3. The van der Waals surface area contributed by atoms with E-state index >= 15 is 0 Å². The second-order valence-corrected chi connectivity index (χ2v) is 5.13. The Bertz CT molecular complexity index is 548. The molecule has 0 aliphatic heterocycles. The number of ether oxygens (including phenoxy) is 1. The van der Waals surface area contributed by atoms with Gasteiger partial charge in [-0.3, -0.25) is 9.59 Å². The van der Waals surface area contributed by atoms with E-state index in [1.807, 2.05) is 6.07 Å². The van der Waals surface area contributed by atoms with Crippen LogP contribution in [-0.2, 0) is 16.0 Å². The lowest BCUT2D eigenvalue weighted by Crippen LogP contribution is -2.38. The highest BCUT2D eigenvalue weighted by atomic mass is 19.4. The Balaban J connectivity index is 2.30. The minimum absolute atomic E-state index is 0.00740. The van der Waals surface area contributed by atoms with E-state index in [2.05, 4.69) is 5.32 Å². The molecule has 0 atom stereocenters. The zero-order valence-electron chi connectivity index (χ0n) is 13.4. The molecule has 0 spiro atoms. The molecular formula is C16H21F3N2O3. The molecule has 0 saturated carbocycles. The number of halogens is 3. The molecule has 0 heterocycles. The van der Waals surface area contributed by atoms with Crippen LogP contribution in [-0.4, -0.2) is 38.2 Å². The quantitative estimate of drug-likeness (QED) is 0.674. The molecule has 134 valence electrons. The first-order valence-corrected chi connectivity index (χ1v) is 7.60. The SMILES string of the molecule is CNC(=O)CCCCc1cccc(OCCNC(=O)C(F)(F)F)c1. The van der Waals surface area contributed by atoms with E-state index < -0.39 is 12.1 Å². The third-order valence-corrected chi connectivity index (χ3v) is 3.21. The van der Waals surface area contributed by atoms with Gasteiger partial charge in [0.15, 0.2) is 0 Å². The molecule has 0 aliphatic rings. The molecule has 24 heavy (non-hydrogen) atoms. The van der Waals surface area contributed by atoms with Crippen LogP contribution in [0.25, 0.3) is 0 Å². The second kappa shape index (κ2) is 9.79. The van der Waals surface area contributed by atoms with Crippen molar-refractivity contribution in [3.05, 3.63) is 29.8 Å². The van der Waals surface area contributed by atoms with Gasteiger partial charge in [0.2, 0.25) is 5.91 Å². The van der Waals surface area contributed by atoms with Crippen molar-refractivity contribution in [3.8, 4) is 5.75 Å². The molecular weight excluding hydrogens is 325 g/mol. The molecule has 0 radical (unpaired) electrons. The third kappa shape index (κ3) is 7.85. The van der Waals surface area contributed by atoms with Crippen LogP contribution in [0.3, 0.4) is 0 Å². The van der Waals surface area contributed by atoms with Crippen LogP contribution in [0.1, 0.15) is 24.8 Å². The molecule has 0 bridgehead atoms. The molecule has 8 heteroatoms. The number of nitrogens with one attached hydrogen (secondary N) is 2. The molecule has 0 aliphatic carbocycles. The normalized spacial score (nSPS) is 11.0. The number of rotatable bonds is 9. The highest BCUT2D eigenvalue weighted by Gasteiger charge is 2.38. The maximum Gasteiger partial charge on any atom is 0.471 e. The highest BCUT2D eigenvalue weighted by Crippen LogP contribution is 2.16. The van der Waals surface area contributed by atoms with E-state index in [-0.39, 0.29) is 19.1 Å². The standard InChI is InChI=1S/C16H21F3N2O3/c1-20-14(22)8-3-2-5-12-6-4-7-13(11-12)24-10-9-21-15(23)16(17,18)19/h4,6-7,11H,2-3,5,8-10H2,1H3,(H,20,22)(H,21,23). The first-order chi connectivity index (χ1) is 11.3. The fourth-order valence-electron chi connectivity index (χ4n) is 1.96. The van der Waals surface area contributed by atoms with Gasteiger partial charge in [-0.05, 0) is 37.0 Å². The lowest BCUT2D eigenvalue weighted by molar-refractivity contribution is -0.173. The Labute approximate surface area is 138 Å². The van der Waals surface area contributed by atoms with E-state index in [0.29, 0.717) is 12.2 Å². The number of amides is 2. The number of carbonyl (C=O) groups excluding carboxylic acids is 2. The summed E-state index contributed by atoms with van der Waals surface area (Å²) >= 11 is 0. The smallest absolute Gasteiger partial charge is 0.471 e. The van der Waals surface area contributed by atoms with Gasteiger partial charge in [-0.15, -0.1) is 0 Å². The van der Waals surface area contributed by atoms with Crippen molar-refractivity contribution in [2.45, 2.75) is 31.9 Å². The lowest BCUT2D eigenvalue weighted by atomic mass is 10.1. The first-order valence-electron chi connectivity index (χ1n) is 7.60. The Hall–Kier alpha value is -2.25. The average molecular weight is 346 g/mol. The molecule has 1 rings (SSSR count). The maximum absolute atomic E-state index is 12.0. The van der Waals surface area contributed by atoms with Crippen molar-refractivity contribution >= 4 is 11.8 Å². The summed E-state index contributed by atoms with van der Waals surface area (Å²) in [6, 6.07) is 7.20. The third-order valence-electron chi connectivity index (χ3n) is 3.21. The maximum atomic E-state index is 12.0. The zero-order valence-corrected chi connectivity index (χ0v) is 13.4. The highest BCUT2D eigenvalue weighted by molar-refractivity contribution is 5.81. The van der Waals surface area contributed by atoms with E-state index in [0.717, 1.165) is 24.8 Å². The van der Waals surface area contributed by atoms with Gasteiger partial charge >= 0.3 is 12.1 Å². The summed E-state index contributed by atoms with van der Waals surface area (Å²) < 4.78 is 41.3. The van der Waals surface area contributed by atoms with Gasteiger partial charge in [0, 0.05) is 13.5 Å². The van der Waals surface area contributed by atoms with E-state index in [9.17, 15) is 22.8 Å². The van der Waals surface area contributed by atoms with Crippen LogP contribution >= 0.6 is 0 Å². The topological polar surface area (TPSA) is 67.4 Å². The molecule has 0 unspecified atom stereocenters. The molecule has 5 nitrogen and oxygen atoms in total. The Morgan fingerprint density at radius 2 is 1.96 bits per heavy atom. The summed E-state index contributed by atoms with van der Waals surface area (Å²) in [5, 5.41) is 4.30. The van der Waals surface area contributed by atoms with Gasteiger partial charge in [-0.25, -0.2) is 0 Å². The van der Waals surface area contributed by atoms with Crippen LogP contribution in [0, 0.1) is 0 Å². The van der Waals surface area contributed by atoms with Crippen molar-refractivity contribution in [2.24, 2.45) is 0 Å². The summed E-state index contributed by atoms with van der Waals surface area (Å²) in [5.74, 6) is -1.44. The van der Waals surface area contributed by atoms with Crippen molar-refractivity contribution in [1.82, 2.24) is 10.6 Å². The molecule has 0 saturated heterocycles. The van der Waals surface area contributed by atoms with Crippen LogP contribution in [0.15, 0.2) is 24.3 Å². The number of benzene rings is 1. The number of carbonyl (C=O) groups is 2. The molecule has 1 aromatic carbocycles. The van der Waals surface area contributed by atoms with Gasteiger partial charge in [-0.2, -0.15) is 13.2 Å². The van der Waals surface area contributed by atoms with Gasteiger partial charge in [0.25, 0.3) is 0 Å². The number of hydrogen-bond acceptors (Lipinski definition) is 3. The summed E-state index contributed by atoms with van der Waals surface area (Å²) in [6.45, 7) is -0.281. The molecule has 0 aromatic heterocycles. The zero-order chi connectivity index (χ0) is 18.0. The number of aryl methyl sites for hydroxylation is 1. The van der Waals surface area contributed by atoms with E-state index in [1.165, 1.54) is 0 Å². The van der Waals surface area contributed by atoms with Crippen LogP contribution in [0.5, 0.6) is 5.75 Å². The monoisotopic (exact) mass is 346 g/mol. The molecule has 1 aromatic rings. The summed E-state index contributed by atoms with van der Waals surface area (Å²) in [5.41, 5.74) is 1.02. The fraction of sp³-hybridized carbons (Fsp3) is 0.500. The van der Waals surface area contributed by atoms with Gasteiger partial charge in [0.1, 0.15) is 12.4 Å². The molecule has 2 N–H and O–H groups in total. The van der Waals surface area contributed by atoms with Gasteiger partial charge in [-0.1, -0.05) is 12.1 Å². The largest absolute Gasteiger partial charge is 0.492 e. The Kier molecular flexibility index (Phi) is 8.08. The van der Waals surface area contributed by atoms with E-state index in [1.54, 1.807) is 30.6 Å². The molecule has 2 amide bonds. The molecule has 0 fully saturated rings. The number of hydrogen-bond donors (Lipinski definition) is 2. The summed E-state index contributed by atoms with van der Waals surface area (Å²) in [7, 11) is 1.60. The summed E-state index contributed by atoms with van der Waals surface area (Å²) in [4.78, 5) is 21.7. The summed E-state index contributed by atoms with van der Waals surface area (Å²) in [6.07, 6.45) is -2.01. The van der Waals surface area contributed by atoms with Crippen molar-refractivity contribution in [2.75, 3.05) is 20.2 Å². The Morgan fingerprint density at radius 1 is 1.21 bits per heavy atom. The van der Waals surface area contributed by atoms with Crippen molar-refractivity contribution < 1.29 is 27.5 Å². The van der Waals surface area contributed by atoms with Crippen molar-refractivity contribution in [1.29, 1.82) is 0 Å². The Morgan fingerprint density at radius 3 is 2.62 bits per heavy atom. The predicted molar refractivity (Wildman–Crippen MR) is 82.6 cm³/mol. The average Bonchev–Trinajstić information content (AvgIpc) is 2.54. The second-order valence-electron chi connectivity index (χ2n) is 5.13. The minimum atomic E-state index is -4.88. The van der Waals surface area contributed by atoms with Crippen molar-refractivity contribution in [3.63, 3.8) is 0 Å². The first kappa shape index (κ1) is 19.8. The van der Waals surface area contributed by atoms with E-state index in [4.69, 9.17) is 4.74 Å². The van der Waals surface area contributed by atoms with Crippen LogP contribution < -0.4 is 15.4 Å². The minimum Gasteiger partial charge on any atom is -0.492 e.